The molecule has 30 heavy (non-hydrogen) atoms. The number of aliphatic hydroxyl groups excluding tert-OH is 1. The molecular formula is C22H18ClNO6. The Morgan fingerprint density at radius 1 is 1.23 bits per heavy atom. The highest BCUT2D eigenvalue weighted by Crippen LogP contribution is 2.41. The Labute approximate surface area is 177 Å². The number of aliphatic hydroxyl groups is 1. The van der Waals surface area contributed by atoms with Crippen LogP contribution in [0, 0.1) is 6.92 Å². The third-order valence-corrected chi connectivity index (χ3v) is 5.20. The van der Waals surface area contributed by atoms with Crippen molar-refractivity contribution < 1.29 is 28.3 Å². The Balaban J connectivity index is 1.85. The number of aryl methyl sites for hydroxylation is 1. The molecule has 1 N–H and O–H groups in total. The fraction of sp³-hybridized carbons (Fsp3) is 0.182. The molecule has 0 saturated carbocycles. The predicted molar refractivity (Wildman–Crippen MR) is 108 cm³/mol. The van der Waals surface area contributed by atoms with E-state index in [1.54, 1.807) is 43.3 Å². The summed E-state index contributed by atoms with van der Waals surface area (Å²) in [5.74, 6) is -0.0292. The first kappa shape index (κ1) is 19.8. The molecule has 1 unspecified atom stereocenters. The molecule has 1 saturated heterocycles. The van der Waals surface area contributed by atoms with E-state index in [2.05, 4.69) is 0 Å². The molecule has 0 spiro atoms. The van der Waals surface area contributed by atoms with Gasteiger partial charge in [0.05, 0.1) is 30.5 Å². The number of hydrogen-bond donors (Lipinski definition) is 1. The van der Waals surface area contributed by atoms with E-state index in [0.717, 1.165) is 0 Å². The van der Waals surface area contributed by atoms with Crippen molar-refractivity contribution in [2.75, 3.05) is 7.11 Å². The van der Waals surface area contributed by atoms with Crippen LogP contribution < -0.4 is 4.74 Å². The van der Waals surface area contributed by atoms with Gasteiger partial charge in [-0.2, -0.15) is 0 Å². The number of methoxy groups -OCH3 is 1. The van der Waals surface area contributed by atoms with E-state index in [1.165, 1.54) is 24.3 Å². The SMILES string of the molecule is COc1ccc(/C(O)=C2/C(=O)C(=O)N(Cc3ccco3)C2c2ccc(C)o2)cc1Cl. The third kappa shape index (κ3) is 3.37. The van der Waals surface area contributed by atoms with Crippen LogP contribution in [0.1, 0.15) is 28.9 Å². The summed E-state index contributed by atoms with van der Waals surface area (Å²) in [4.78, 5) is 27.1. The highest BCUT2D eigenvalue weighted by molar-refractivity contribution is 6.46. The second-order valence-corrected chi connectivity index (χ2v) is 7.21. The van der Waals surface area contributed by atoms with E-state index >= 15 is 0 Å². The van der Waals surface area contributed by atoms with E-state index in [0.29, 0.717) is 23.0 Å². The summed E-state index contributed by atoms with van der Waals surface area (Å²) in [6, 6.07) is 10.5. The molecule has 1 atom stereocenters. The van der Waals surface area contributed by atoms with Gasteiger partial charge in [-0.3, -0.25) is 9.59 Å². The van der Waals surface area contributed by atoms with Crippen molar-refractivity contribution in [2.45, 2.75) is 19.5 Å². The number of halogens is 1. The van der Waals surface area contributed by atoms with Crippen LogP contribution in [0.25, 0.3) is 5.76 Å². The smallest absolute Gasteiger partial charge is 0.296 e. The lowest BCUT2D eigenvalue weighted by Crippen LogP contribution is -2.28. The maximum atomic E-state index is 12.9. The first-order valence-electron chi connectivity index (χ1n) is 9.11. The Hall–Kier alpha value is -3.45. The number of likely N-dealkylation sites (tertiary alicyclic amines) is 1. The maximum absolute atomic E-state index is 12.9. The highest BCUT2D eigenvalue weighted by atomic mass is 35.5. The number of ketones is 1. The number of hydrogen-bond acceptors (Lipinski definition) is 6. The number of carbonyl (C=O) groups excluding carboxylic acids is 2. The van der Waals surface area contributed by atoms with Gasteiger partial charge < -0.3 is 23.6 Å². The number of Topliss-reactive ketones (excluding diaryl/α,β-unsaturated/α-hetero) is 1. The number of ether oxygens (including phenoxy) is 1. The molecule has 3 heterocycles. The maximum Gasteiger partial charge on any atom is 0.296 e. The predicted octanol–water partition coefficient (Wildman–Crippen LogP) is 4.46. The Bertz CT molecular complexity index is 1140. The van der Waals surface area contributed by atoms with E-state index in [4.69, 9.17) is 25.2 Å². The summed E-state index contributed by atoms with van der Waals surface area (Å²) < 4.78 is 16.2. The molecular weight excluding hydrogens is 410 g/mol. The van der Waals surface area contributed by atoms with Gasteiger partial charge in [-0.25, -0.2) is 0 Å². The van der Waals surface area contributed by atoms with Gasteiger partial charge in [-0.05, 0) is 49.4 Å². The molecule has 1 aliphatic heterocycles. The summed E-state index contributed by atoms with van der Waals surface area (Å²) in [7, 11) is 1.47. The fourth-order valence-electron chi connectivity index (χ4n) is 3.48. The van der Waals surface area contributed by atoms with E-state index in [9.17, 15) is 14.7 Å². The van der Waals surface area contributed by atoms with Crippen molar-refractivity contribution in [1.82, 2.24) is 4.90 Å². The number of benzene rings is 1. The van der Waals surface area contributed by atoms with Crippen LogP contribution in [-0.4, -0.2) is 28.8 Å². The van der Waals surface area contributed by atoms with Gasteiger partial charge in [0.25, 0.3) is 11.7 Å². The van der Waals surface area contributed by atoms with Gasteiger partial charge in [0.2, 0.25) is 0 Å². The molecule has 1 aliphatic rings. The molecule has 1 amide bonds. The average molecular weight is 428 g/mol. The van der Waals surface area contributed by atoms with Crippen molar-refractivity contribution >= 4 is 29.1 Å². The second-order valence-electron chi connectivity index (χ2n) is 6.80. The van der Waals surface area contributed by atoms with Crippen molar-refractivity contribution in [3.8, 4) is 5.75 Å². The van der Waals surface area contributed by atoms with Crippen molar-refractivity contribution in [1.29, 1.82) is 0 Å². The Morgan fingerprint density at radius 2 is 2.03 bits per heavy atom. The number of furan rings is 2. The van der Waals surface area contributed by atoms with E-state index in [1.807, 2.05) is 0 Å². The van der Waals surface area contributed by atoms with Crippen LogP contribution in [-0.2, 0) is 16.1 Å². The quantitative estimate of drug-likeness (QED) is 0.367. The lowest BCUT2D eigenvalue weighted by atomic mass is 9.99. The second kappa shape index (κ2) is 7.76. The zero-order valence-electron chi connectivity index (χ0n) is 16.2. The minimum absolute atomic E-state index is 0.0438. The van der Waals surface area contributed by atoms with Crippen LogP contribution in [0.3, 0.4) is 0 Å². The van der Waals surface area contributed by atoms with Crippen LogP contribution in [0.4, 0.5) is 0 Å². The molecule has 0 radical (unpaired) electrons. The molecule has 0 bridgehead atoms. The lowest BCUT2D eigenvalue weighted by molar-refractivity contribution is -0.140. The molecule has 3 aromatic rings. The lowest BCUT2D eigenvalue weighted by Gasteiger charge is -2.22. The Morgan fingerprint density at radius 3 is 2.63 bits per heavy atom. The van der Waals surface area contributed by atoms with Crippen molar-refractivity contribution in [3.63, 3.8) is 0 Å². The van der Waals surface area contributed by atoms with Crippen LogP contribution in [0.2, 0.25) is 5.02 Å². The topological polar surface area (TPSA) is 93.1 Å². The molecule has 7 nitrogen and oxygen atoms in total. The monoisotopic (exact) mass is 427 g/mol. The van der Waals surface area contributed by atoms with E-state index < -0.39 is 17.7 Å². The third-order valence-electron chi connectivity index (χ3n) is 4.90. The number of rotatable bonds is 5. The van der Waals surface area contributed by atoms with Crippen LogP contribution in [0.15, 0.2) is 63.1 Å². The van der Waals surface area contributed by atoms with Gasteiger partial charge in [-0.15, -0.1) is 0 Å². The minimum Gasteiger partial charge on any atom is -0.507 e. The van der Waals surface area contributed by atoms with E-state index in [-0.39, 0.29) is 28.5 Å². The molecule has 0 aliphatic carbocycles. The average Bonchev–Trinajstić information content (AvgIpc) is 3.45. The number of amides is 1. The van der Waals surface area contributed by atoms with Gasteiger partial charge in [0.15, 0.2) is 0 Å². The van der Waals surface area contributed by atoms with Gasteiger partial charge in [-0.1, -0.05) is 11.6 Å². The van der Waals surface area contributed by atoms with Crippen LogP contribution in [0.5, 0.6) is 5.75 Å². The Kier molecular flexibility index (Phi) is 5.13. The fourth-order valence-corrected chi connectivity index (χ4v) is 3.74. The first-order chi connectivity index (χ1) is 14.4. The van der Waals surface area contributed by atoms with Gasteiger partial charge in [0.1, 0.15) is 34.8 Å². The van der Waals surface area contributed by atoms with Crippen molar-refractivity contribution in [3.05, 3.63) is 82.2 Å². The number of nitrogens with zero attached hydrogens (tertiary/aromatic N) is 1. The molecule has 4 rings (SSSR count). The standard InChI is InChI=1S/C22H18ClNO6/c1-12-5-7-17(30-12)19-18(20(25)13-6-8-16(28-2)15(23)10-13)21(26)22(27)24(19)11-14-4-3-9-29-14/h3-10,19,25H,11H2,1-2H3/b20-18-. The van der Waals surface area contributed by atoms with Crippen molar-refractivity contribution in [2.24, 2.45) is 0 Å². The molecule has 8 heteroatoms. The normalized spacial score (nSPS) is 18.2. The molecule has 154 valence electrons. The summed E-state index contributed by atoms with van der Waals surface area (Å²) in [5, 5.41) is 11.3. The molecule has 1 aromatic carbocycles. The summed E-state index contributed by atoms with van der Waals surface area (Å²) in [6.45, 7) is 1.80. The summed E-state index contributed by atoms with van der Waals surface area (Å²) >= 11 is 6.17. The highest BCUT2D eigenvalue weighted by Gasteiger charge is 2.47. The molecule has 1 fully saturated rings. The zero-order valence-corrected chi connectivity index (χ0v) is 17.0. The van der Waals surface area contributed by atoms with Gasteiger partial charge in [0, 0.05) is 5.56 Å². The summed E-state index contributed by atoms with van der Waals surface area (Å²) in [6.07, 6.45) is 1.48. The molecule has 2 aromatic heterocycles. The minimum atomic E-state index is -0.912. The first-order valence-corrected chi connectivity index (χ1v) is 9.49. The number of carbonyl (C=O) groups is 2. The zero-order chi connectivity index (χ0) is 21.4. The van der Waals surface area contributed by atoms with Gasteiger partial charge >= 0.3 is 0 Å². The largest absolute Gasteiger partial charge is 0.507 e. The van der Waals surface area contributed by atoms with Crippen LogP contribution >= 0.6 is 11.6 Å². The summed E-state index contributed by atoms with van der Waals surface area (Å²) in [5.41, 5.74) is 0.201.